The summed E-state index contributed by atoms with van der Waals surface area (Å²) in [6.45, 7) is 0. The normalized spacial score (nSPS) is 11.1. The fraction of sp³-hybridized carbons (Fsp3) is 0. The Hall–Kier alpha value is -4.43. The number of carbonyl (C=O) groups excluding carboxylic acids is 1. The molecule has 30 heavy (non-hydrogen) atoms. The Morgan fingerprint density at radius 2 is 1.43 bits per heavy atom. The van der Waals surface area contributed by atoms with Gasteiger partial charge in [0.1, 0.15) is 11.6 Å². The van der Waals surface area contributed by atoms with Gasteiger partial charge in [0.05, 0.1) is 11.4 Å². The topological polar surface area (TPSA) is 84.7 Å². The predicted molar refractivity (Wildman–Crippen MR) is 117 cm³/mol. The number of nitrogens with zero attached hydrogens (tertiary/aromatic N) is 3. The van der Waals surface area contributed by atoms with Crippen molar-refractivity contribution in [1.82, 2.24) is 9.78 Å². The number of benzene rings is 3. The molecule has 5 nitrogen and oxygen atoms in total. The minimum Gasteiger partial charge on any atom is -0.365 e. The van der Waals surface area contributed by atoms with E-state index in [0.717, 1.165) is 22.4 Å². The van der Waals surface area contributed by atoms with Crippen molar-refractivity contribution in [1.29, 1.82) is 5.26 Å². The number of nitriles is 1. The summed E-state index contributed by atoms with van der Waals surface area (Å²) in [4.78, 5) is 11.6. The van der Waals surface area contributed by atoms with Crippen molar-refractivity contribution >= 4 is 12.0 Å². The Labute approximate surface area is 174 Å². The van der Waals surface area contributed by atoms with E-state index in [1.807, 2.05) is 78.9 Å². The van der Waals surface area contributed by atoms with Gasteiger partial charge in [-0.2, -0.15) is 10.4 Å². The van der Waals surface area contributed by atoms with Gasteiger partial charge in [-0.25, -0.2) is 4.68 Å². The Morgan fingerprint density at radius 1 is 0.867 bits per heavy atom. The zero-order chi connectivity index (χ0) is 20.9. The minimum absolute atomic E-state index is 0.121. The summed E-state index contributed by atoms with van der Waals surface area (Å²) in [5, 5.41) is 14.0. The number of primary amides is 1. The highest BCUT2D eigenvalue weighted by atomic mass is 16.1. The molecule has 144 valence electrons. The van der Waals surface area contributed by atoms with E-state index in [9.17, 15) is 10.1 Å². The van der Waals surface area contributed by atoms with Crippen LogP contribution in [0.25, 0.3) is 34.1 Å². The number of para-hydroxylation sites is 1. The molecule has 0 bridgehead atoms. The third-order valence-electron chi connectivity index (χ3n) is 4.71. The zero-order valence-electron chi connectivity index (χ0n) is 16.1. The van der Waals surface area contributed by atoms with Crippen LogP contribution in [-0.4, -0.2) is 15.7 Å². The van der Waals surface area contributed by atoms with Crippen molar-refractivity contribution in [2.24, 2.45) is 5.73 Å². The standard InChI is InChI=1S/C25H18N4O/c26-16-21(25(27)30)15-22-17-29(23-9-5-2-6-10-23)28-24(22)20-13-11-19(12-14-20)18-7-3-1-4-8-18/h1-15,17H,(H2,27,30)/b21-15-. The fourth-order valence-corrected chi connectivity index (χ4v) is 3.20. The predicted octanol–water partition coefficient (Wildman–Crippen LogP) is 4.60. The molecule has 1 amide bonds. The number of nitrogens with two attached hydrogens (primary N) is 1. The van der Waals surface area contributed by atoms with E-state index in [0.29, 0.717) is 11.3 Å². The molecule has 2 N–H and O–H groups in total. The Bertz CT molecular complexity index is 1250. The van der Waals surface area contributed by atoms with Crippen LogP contribution >= 0.6 is 0 Å². The number of amides is 1. The maximum atomic E-state index is 11.6. The first-order chi connectivity index (χ1) is 14.7. The Kier molecular flexibility index (Phi) is 5.23. The van der Waals surface area contributed by atoms with Gasteiger partial charge in [-0.3, -0.25) is 4.79 Å². The van der Waals surface area contributed by atoms with E-state index in [2.05, 4.69) is 12.1 Å². The molecule has 0 atom stereocenters. The molecule has 5 heteroatoms. The van der Waals surface area contributed by atoms with Crippen molar-refractivity contribution in [3.63, 3.8) is 0 Å². The lowest BCUT2D eigenvalue weighted by molar-refractivity contribution is -0.114. The summed E-state index contributed by atoms with van der Waals surface area (Å²) in [5.74, 6) is -0.768. The average molecular weight is 390 g/mol. The van der Waals surface area contributed by atoms with E-state index in [1.165, 1.54) is 6.08 Å². The lowest BCUT2D eigenvalue weighted by atomic mass is 10.0. The van der Waals surface area contributed by atoms with Gasteiger partial charge in [0.15, 0.2) is 0 Å². The van der Waals surface area contributed by atoms with E-state index in [1.54, 1.807) is 10.9 Å². The molecule has 3 aromatic carbocycles. The fourth-order valence-electron chi connectivity index (χ4n) is 3.20. The first-order valence-corrected chi connectivity index (χ1v) is 9.38. The minimum atomic E-state index is -0.768. The van der Waals surface area contributed by atoms with E-state index >= 15 is 0 Å². The summed E-state index contributed by atoms with van der Waals surface area (Å²) >= 11 is 0. The first-order valence-electron chi connectivity index (χ1n) is 9.38. The van der Waals surface area contributed by atoms with E-state index in [-0.39, 0.29) is 5.57 Å². The molecular weight excluding hydrogens is 372 g/mol. The third kappa shape index (κ3) is 3.89. The molecule has 0 fully saturated rings. The van der Waals surface area contributed by atoms with Gasteiger partial charge in [0.2, 0.25) is 0 Å². The smallest absolute Gasteiger partial charge is 0.259 e. The van der Waals surface area contributed by atoms with Crippen molar-refractivity contribution < 1.29 is 4.79 Å². The average Bonchev–Trinajstić information content (AvgIpc) is 3.22. The third-order valence-corrected chi connectivity index (χ3v) is 4.71. The number of hydrogen-bond donors (Lipinski definition) is 1. The zero-order valence-corrected chi connectivity index (χ0v) is 16.1. The molecule has 1 heterocycles. The van der Waals surface area contributed by atoms with E-state index in [4.69, 9.17) is 10.8 Å². The molecular formula is C25H18N4O. The molecule has 0 aliphatic carbocycles. The summed E-state index contributed by atoms with van der Waals surface area (Å²) in [7, 11) is 0. The molecule has 0 unspecified atom stereocenters. The highest BCUT2D eigenvalue weighted by Crippen LogP contribution is 2.28. The van der Waals surface area contributed by atoms with Gasteiger partial charge >= 0.3 is 0 Å². The van der Waals surface area contributed by atoms with Crippen LogP contribution in [0.4, 0.5) is 0 Å². The second kappa shape index (κ2) is 8.29. The first kappa shape index (κ1) is 18.9. The van der Waals surface area contributed by atoms with Crippen LogP contribution in [0.1, 0.15) is 5.56 Å². The van der Waals surface area contributed by atoms with Crippen LogP contribution in [0.3, 0.4) is 0 Å². The molecule has 0 aliphatic rings. The number of aromatic nitrogens is 2. The van der Waals surface area contributed by atoms with Gasteiger partial charge in [-0.1, -0.05) is 72.8 Å². The lowest BCUT2D eigenvalue weighted by Crippen LogP contribution is -2.12. The van der Waals surface area contributed by atoms with Crippen LogP contribution in [0, 0.1) is 11.3 Å². The maximum absolute atomic E-state index is 11.6. The monoisotopic (exact) mass is 390 g/mol. The summed E-state index contributed by atoms with van der Waals surface area (Å²) in [5.41, 5.74) is 10.5. The van der Waals surface area contributed by atoms with Crippen molar-refractivity contribution in [2.45, 2.75) is 0 Å². The quantitative estimate of drug-likeness (QED) is 0.399. The van der Waals surface area contributed by atoms with Gasteiger partial charge in [-0.15, -0.1) is 0 Å². The molecule has 4 aromatic rings. The van der Waals surface area contributed by atoms with Crippen molar-refractivity contribution in [3.8, 4) is 34.1 Å². The van der Waals surface area contributed by atoms with Gasteiger partial charge in [0, 0.05) is 17.3 Å². The van der Waals surface area contributed by atoms with Gasteiger partial charge in [0.25, 0.3) is 5.91 Å². The van der Waals surface area contributed by atoms with Crippen LogP contribution in [-0.2, 0) is 4.79 Å². The van der Waals surface area contributed by atoms with Crippen molar-refractivity contribution in [3.05, 3.63) is 102 Å². The Balaban J connectivity index is 1.81. The highest BCUT2D eigenvalue weighted by Gasteiger charge is 2.14. The highest BCUT2D eigenvalue weighted by molar-refractivity contribution is 6.01. The van der Waals surface area contributed by atoms with Crippen molar-refractivity contribution in [2.75, 3.05) is 0 Å². The van der Waals surface area contributed by atoms with Crippen LogP contribution in [0.15, 0.2) is 96.7 Å². The molecule has 0 spiro atoms. The Morgan fingerprint density at radius 3 is 2.03 bits per heavy atom. The SMILES string of the molecule is N#C/C(=C/c1cn(-c2ccccc2)nc1-c1ccc(-c2ccccc2)cc1)C(N)=O. The number of rotatable bonds is 5. The summed E-state index contributed by atoms with van der Waals surface area (Å²) < 4.78 is 1.72. The molecule has 0 saturated heterocycles. The second-order valence-electron chi connectivity index (χ2n) is 6.69. The summed E-state index contributed by atoms with van der Waals surface area (Å²) in [6.07, 6.45) is 3.27. The largest absolute Gasteiger partial charge is 0.365 e. The second-order valence-corrected chi connectivity index (χ2v) is 6.69. The van der Waals surface area contributed by atoms with Crippen LogP contribution < -0.4 is 5.73 Å². The summed E-state index contributed by atoms with van der Waals surface area (Å²) in [6, 6.07) is 29.6. The molecule has 0 radical (unpaired) electrons. The maximum Gasteiger partial charge on any atom is 0.259 e. The van der Waals surface area contributed by atoms with Crippen LogP contribution in [0.5, 0.6) is 0 Å². The molecule has 4 rings (SSSR count). The number of hydrogen-bond acceptors (Lipinski definition) is 3. The molecule has 1 aromatic heterocycles. The lowest BCUT2D eigenvalue weighted by Gasteiger charge is -2.04. The molecule has 0 saturated carbocycles. The van der Waals surface area contributed by atoms with Gasteiger partial charge < -0.3 is 5.73 Å². The van der Waals surface area contributed by atoms with Gasteiger partial charge in [-0.05, 0) is 29.3 Å². The molecule has 0 aliphatic heterocycles. The number of carbonyl (C=O) groups is 1. The van der Waals surface area contributed by atoms with Crippen LogP contribution in [0.2, 0.25) is 0 Å². The van der Waals surface area contributed by atoms with E-state index < -0.39 is 5.91 Å².